The van der Waals surface area contributed by atoms with Gasteiger partial charge in [0.05, 0.1) is 11.1 Å². The lowest BCUT2D eigenvalue weighted by atomic mass is 10.1. The fourth-order valence-corrected chi connectivity index (χ4v) is 1.26. The van der Waals surface area contributed by atoms with Crippen molar-refractivity contribution >= 4 is 5.57 Å². The summed E-state index contributed by atoms with van der Waals surface area (Å²) in [5.41, 5.74) is 0.0707. The molecule has 0 heterocycles. The second-order valence-corrected chi connectivity index (χ2v) is 3.69. The molecule has 0 saturated heterocycles. The highest BCUT2D eigenvalue weighted by molar-refractivity contribution is 5.76. The van der Waals surface area contributed by atoms with E-state index in [1.165, 1.54) is 12.1 Å². The molecule has 0 atom stereocenters. The van der Waals surface area contributed by atoms with Gasteiger partial charge in [0.25, 0.3) is 0 Å². The van der Waals surface area contributed by atoms with Gasteiger partial charge in [0.15, 0.2) is 0 Å². The molecule has 0 bridgehead atoms. The zero-order valence-electron chi connectivity index (χ0n) is 9.42. The summed E-state index contributed by atoms with van der Waals surface area (Å²) in [6, 6.07) is 6.47. The molecule has 2 nitrogen and oxygen atoms in total. The maximum absolute atomic E-state index is 12.3. The summed E-state index contributed by atoms with van der Waals surface area (Å²) < 4.78 is 37.0. The third-order valence-electron chi connectivity index (χ3n) is 2.03. The van der Waals surface area contributed by atoms with Crippen molar-refractivity contribution < 1.29 is 13.2 Å². The zero-order chi connectivity index (χ0) is 13.1. The highest BCUT2D eigenvalue weighted by Crippen LogP contribution is 2.29. The van der Waals surface area contributed by atoms with E-state index < -0.39 is 11.7 Å². The van der Waals surface area contributed by atoms with E-state index in [4.69, 9.17) is 5.26 Å². The van der Waals surface area contributed by atoms with E-state index in [1.54, 1.807) is 25.2 Å². The second kappa shape index (κ2) is 4.91. The lowest BCUT2D eigenvalue weighted by Crippen LogP contribution is -2.05. The first-order valence-corrected chi connectivity index (χ1v) is 4.80. The Morgan fingerprint density at radius 3 is 2.12 bits per heavy atom. The number of rotatable bonds is 2. The monoisotopic (exact) mass is 240 g/mol. The van der Waals surface area contributed by atoms with Gasteiger partial charge in [0.1, 0.15) is 6.07 Å². The van der Waals surface area contributed by atoms with Crippen molar-refractivity contribution in [1.29, 1.82) is 5.26 Å². The molecule has 90 valence electrons. The molecule has 17 heavy (non-hydrogen) atoms. The van der Waals surface area contributed by atoms with Gasteiger partial charge in [0, 0.05) is 20.3 Å². The molecule has 1 rings (SSSR count). The number of nitriles is 1. The second-order valence-electron chi connectivity index (χ2n) is 3.69. The fraction of sp³-hybridized carbons (Fsp3) is 0.250. The van der Waals surface area contributed by atoms with E-state index in [0.717, 1.165) is 12.1 Å². The number of hydrogen-bond donors (Lipinski definition) is 0. The topological polar surface area (TPSA) is 27.0 Å². The number of hydrogen-bond acceptors (Lipinski definition) is 2. The maximum Gasteiger partial charge on any atom is 0.416 e. The van der Waals surface area contributed by atoms with Crippen molar-refractivity contribution in [2.45, 2.75) is 6.18 Å². The molecule has 0 aromatic heterocycles. The molecule has 0 amide bonds. The van der Waals surface area contributed by atoms with Crippen molar-refractivity contribution in [3.05, 3.63) is 41.6 Å². The van der Waals surface area contributed by atoms with Crippen LogP contribution in [0.5, 0.6) is 0 Å². The molecular formula is C12H11F3N2. The third kappa shape index (κ3) is 3.52. The van der Waals surface area contributed by atoms with Crippen LogP contribution >= 0.6 is 0 Å². The molecule has 0 radical (unpaired) electrons. The summed E-state index contributed by atoms with van der Waals surface area (Å²) in [6.45, 7) is 0. The zero-order valence-corrected chi connectivity index (χ0v) is 9.42. The Bertz CT molecular complexity index is 450. The highest BCUT2D eigenvalue weighted by atomic mass is 19.4. The molecule has 0 aliphatic heterocycles. The third-order valence-corrected chi connectivity index (χ3v) is 2.03. The summed E-state index contributed by atoms with van der Waals surface area (Å²) in [4.78, 5) is 1.66. The Labute approximate surface area is 97.6 Å². The molecule has 0 saturated carbocycles. The first kappa shape index (κ1) is 13.1. The lowest BCUT2D eigenvalue weighted by Gasteiger charge is -2.09. The molecule has 0 N–H and O–H groups in total. The quantitative estimate of drug-likeness (QED) is 0.742. The smallest absolute Gasteiger partial charge is 0.382 e. The minimum Gasteiger partial charge on any atom is -0.382 e. The van der Waals surface area contributed by atoms with Crippen molar-refractivity contribution in [3.8, 4) is 6.07 Å². The van der Waals surface area contributed by atoms with Crippen LogP contribution < -0.4 is 0 Å². The van der Waals surface area contributed by atoms with Crippen LogP contribution in [0.15, 0.2) is 30.5 Å². The van der Waals surface area contributed by atoms with E-state index in [2.05, 4.69) is 0 Å². The Morgan fingerprint density at radius 2 is 1.76 bits per heavy atom. The number of benzene rings is 1. The van der Waals surface area contributed by atoms with Crippen molar-refractivity contribution in [3.63, 3.8) is 0 Å². The Hall–Kier alpha value is -1.96. The molecule has 0 spiro atoms. The number of alkyl halides is 3. The summed E-state index contributed by atoms with van der Waals surface area (Å²) in [5.74, 6) is 0. The summed E-state index contributed by atoms with van der Waals surface area (Å²) >= 11 is 0. The Kier molecular flexibility index (Phi) is 3.79. The van der Waals surface area contributed by atoms with Gasteiger partial charge in [-0.05, 0) is 17.7 Å². The van der Waals surface area contributed by atoms with Gasteiger partial charge in [-0.2, -0.15) is 18.4 Å². The van der Waals surface area contributed by atoms with Crippen LogP contribution in [0.3, 0.4) is 0 Å². The normalized spacial score (nSPS) is 12.1. The van der Waals surface area contributed by atoms with Crippen molar-refractivity contribution in [1.82, 2.24) is 4.90 Å². The van der Waals surface area contributed by atoms with E-state index in [9.17, 15) is 13.2 Å². The predicted molar refractivity (Wildman–Crippen MR) is 58.7 cm³/mol. The minimum absolute atomic E-state index is 0.323. The predicted octanol–water partition coefficient (Wildman–Crippen LogP) is 3.13. The van der Waals surface area contributed by atoms with Gasteiger partial charge in [-0.15, -0.1) is 0 Å². The molecule has 1 aromatic carbocycles. The molecule has 1 aromatic rings. The van der Waals surface area contributed by atoms with Gasteiger partial charge in [0.2, 0.25) is 0 Å². The molecule has 0 aliphatic carbocycles. The van der Waals surface area contributed by atoms with Gasteiger partial charge in [-0.1, -0.05) is 12.1 Å². The fourth-order valence-electron chi connectivity index (χ4n) is 1.26. The standard InChI is InChI=1S/C12H11F3N2/c1-17(2)8-10(7-16)9-3-5-11(6-4-9)12(13,14)15/h3-6,8H,1-2H3/b10-8-. The van der Waals surface area contributed by atoms with Gasteiger partial charge < -0.3 is 4.90 Å². The van der Waals surface area contributed by atoms with E-state index in [1.807, 2.05) is 6.07 Å². The van der Waals surface area contributed by atoms with Crippen molar-refractivity contribution in [2.75, 3.05) is 14.1 Å². The first-order chi connectivity index (χ1) is 7.84. The minimum atomic E-state index is -4.35. The average Bonchev–Trinajstić information content (AvgIpc) is 2.24. The summed E-state index contributed by atoms with van der Waals surface area (Å²) in [5, 5.41) is 8.89. The largest absolute Gasteiger partial charge is 0.416 e. The Morgan fingerprint density at radius 1 is 1.24 bits per heavy atom. The van der Waals surface area contributed by atoms with Crippen LogP contribution in [-0.2, 0) is 6.18 Å². The van der Waals surface area contributed by atoms with Gasteiger partial charge >= 0.3 is 6.18 Å². The SMILES string of the molecule is CN(C)/C=C(/C#N)c1ccc(C(F)(F)F)cc1. The summed E-state index contributed by atoms with van der Waals surface area (Å²) in [7, 11) is 3.48. The van der Waals surface area contributed by atoms with Crippen LogP contribution in [0.2, 0.25) is 0 Å². The molecule has 5 heteroatoms. The van der Waals surface area contributed by atoms with E-state index in [0.29, 0.717) is 11.1 Å². The van der Waals surface area contributed by atoms with Crippen molar-refractivity contribution in [2.24, 2.45) is 0 Å². The number of nitrogens with zero attached hydrogens (tertiary/aromatic N) is 2. The van der Waals surface area contributed by atoms with E-state index >= 15 is 0 Å². The van der Waals surface area contributed by atoms with Gasteiger partial charge in [-0.25, -0.2) is 0 Å². The summed E-state index contributed by atoms with van der Waals surface area (Å²) in [6.07, 6.45) is -2.79. The van der Waals surface area contributed by atoms with Crippen LogP contribution in [0.25, 0.3) is 5.57 Å². The number of halogens is 3. The lowest BCUT2D eigenvalue weighted by molar-refractivity contribution is -0.137. The van der Waals surface area contributed by atoms with Crippen LogP contribution in [0.4, 0.5) is 13.2 Å². The van der Waals surface area contributed by atoms with Crippen LogP contribution in [0, 0.1) is 11.3 Å². The maximum atomic E-state index is 12.3. The highest BCUT2D eigenvalue weighted by Gasteiger charge is 2.29. The Balaban J connectivity index is 3.07. The van der Waals surface area contributed by atoms with Crippen LogP contribution in [0.1, 0.15) is 11.1 Å². The molecular weight excluding hydrogens is 229 g/mol. The van der Waals surface area contributed by atoms with E-state index in [-0.39, 0.29) is 0 Å². The molecule has 0 fully saturated rings. The molecule has 0 unspecified atom stereocenters. The average molecular weight is 240 g/mol. The molecule has 0 aliphatic rings. The number of allylic oxidation sites excluding steroid dienone is 1. The van der Waals surface area contributed by atoms with Gasteiger partial charge in [-0.3, -0.25) is 0 Å². The van der Waals surface area contributed by atoms with Crippen LogP contribution in [-0.4, -0.2) is 19.0 Å². The first-order valence-electron chi connectivity index (χ1n) is 4.80.